The second kappa shape index (κ2) is 10.5. The van der Waals surface area contributed by atoms with Crippen LogP contribution in [0.15, 0.2) is 42.5 Å². The maximum Gasteiger partial charge on any atom is 0.453 e. The van der Waals surface area contributed by atoms with E-state index in [0.717, 1.165) is 16.7 Å². The van der Waals surface area contributed by atoms with Gasteiger partial charge in [-0.25, -0.2) is 4.79 Å². The molecule has 0 spiro atoms. The first-order chi connectivity index (χ1) is 18.5. The van der Waals surface area contributed by atoms with Crippen LogP contribution in [-0.2, 0) is 23.9 Å². The van der Waals surface area contributed by atoms with E-state index in [-0.39, 0.29) is 23.7 Å². The maximum absolute atomic E-state index is 13.5. The second-order valence-electron chi connectivity index (χ2n) is 10.8. The number of benzene rings is 2. The molecule has 1 fully saturated rings. The van der Waals surface area contributed by atoms with E-state index < -0.39 is 17.6 Å². The van der Waals surface area contributed by atoms with Crippen LogP contribution >= 0.6 is 0 Å². The molecule has 12 heteroatoms. The van der Waals surface area contributed by atoms with E-state index in [1.54, 1.807) is 17.0 Å². The summed E-state index contributed by atoms with van der Waals surface area (Å²) >= 11 is 0. The van der Waals surface area contributed by atoms with Crippen LogP contribution in [0.5, 0.6) is 5.75 Å². The molecule has 0 saturated carbocycles. The number of nitrogens with one attached hydrogen (secondary N) is 1. The van der Waals surface area contributed by atoms with Crippen molar-refractivity contribution in [2.24, 2.45) is 0 Å². The average molecular weight is 545 g/mol. The Bertz CT molecular complexity index is 1320. The van der Waals surface area contributed by atoms with Gasteiger partial charge in [-0.2, -0.15) is 17.9 Å². The number of likely N-dealkylation sites (tertiary alicyclic amines) is 1. The lowest BCUT2D eigenvalue weighted by molar-refractivity contribution is -0.146. The van der Waals surface area contributed by atoms with Gasteiger partial charge in [-0.3, -0.25) is 0 Å². The Kier molecular flexibility index (Phi) is 7.23. The van der Waals surface area contributed by atoms with Crippen LogP contribution in [0, 0.1) is 0 Å². The monoisotopic (exact) mass is 544 g/mol. The molecule has 1 aromatic heterocycles. The zero-order valence-corrected chi connectivity index (χ0v) is 22.0. The topological polar surface area (TPSA) is 94.4 Å². The van der Waals surface area contributed by atoms with E-state index in [2.05, 4.69) is 20.8 Å². The highest BCUT2D eigenvalue weighted by Crippen LogP contribution is 2.35. The van der Waals surface area contributed by atoms with Gasteiger partial charge in [0.05, 0.1) is 12.3 Å². The molecule has 9 nitrogen and oxygen atoms in total. The van der Waals surface area contributed by atoms with Crippen LogP contribution in [0.2, 0.25) is 0 Å². The van der Waals surface area contributed by atoms with Gasteiger partial charge in [-0.1, -0.05) is 30.3 Å². The molecule has 0 radical (unpaired) electrons. The quantitative estimate of drug-likeness (QED) is 0.506. The van der Waals surface area contributed by atoms with Crippen LogP contribution in [0.25, 0.3) is 5.69 Å². The van der Waals surface area contributed by atoms with Crippen molar-refractivity contribution >= 4 is 6.09 Å². The molecule has 3 aromatic rings. The molecule has 2 aliphatic heterocycles. The molecule has 39 heavy (non-hydrogen) atoms. The van der Waals surface area contributed by atoms with E-state index in [0.29, 0.717) is 49.5 Å². The number of tetrazole rings is 1. The normalized spacial score (nSPS) is 19.5. The van der Waals surface area contributed by atoms with Crippen molar-refractivity contribution in [2.75, 3.05) is 19.7 Å². The summed E-state index contributed by atoms with van der Waals surface area (Å²) in [6.45, 7) is 7.34. The minimum atomic E-state index is -4.69. The smallest absolute Gasteiger partial charge is 0.453 e. The number of amides is 1. The van der Waals surface area contributed by atoms with E-state index >= 15 is 0 Å². The molecule has 1 N–H and O–H groups in total. The molecule has 0 aliphatic carbocycles. The first kappa shape index (κ1) is 26.9. The molecule has 2 atom stereocenters. The SMILES string of the molecule is CC(C)(C)OC(=O)N1CCC(NCc2cc(-n3nnnc3C(F)(F)F)cc3c2OCC3)C(c2ccccc2)C1. The van der Waals surface area contributed by atoms with Crippen molar-refractivity contribution in [3.8, 4) is 11.4 Å². The molecule has 2 aromatic carbocycles. The number of carbonyl (C=O) groups is 1. The fourth-order valence-electron chi connectivity index (χ4n) is 5.13. The van der Waals surface area contributed by atoms with Gasteiger partial charge in [-0.05, 0) is 60.9 Å². The van der Waals surface area contributed by atoms with Gasteiger partial charge in [0.25, 0.3) is 5.82 Å². The van der Waals surface area contributed by atoms with E-state index in [4.69, 9.17) is 9.47 Å². The van der Waals surface area contributed by atoms with Gasteiger partial charge in [-0.15, -0.1) is 5.10 Å². The van der Waals surface area contributed by atoms with Crippen molar-refractivity contribution in [2.45, 2.75) is 63.9 Å². The van der Waals surface area contributed by atoms with Gasteiger partial charge in [0.1, 0.15) is 11.4 Å². The molecule has 208 valence electrons. The maximum atomic E-state index is 13.5. The molecule has 3 heterocycles. The molecular formula is C27H31F3N6O3. The Morgan fingerprint density at radius 3 is 2.67 bits per heavy atom. The number of carbonyl (C=O) groups excluding carboxylic acids is 1. The number of rotatable bonds is 5. The lowest BCUT2D eigenvalue weighted by atomic mass is 9.86. The summed E-state index contributed by atoms with van der Waals surface area (Å²) in [6.07, 6.45) is -3.78. The fraction of sp³-hybridized carbons (Fsp3) is 0.481. The molecule has 5 rings (SSSR count). The summed E-state index contributed by atoms with van der Waals surface area (Å²) in [4.78, 5) is 14.6. The Hall–Kier alpha value is -3.67. The highest BCUT2D eigenvalue weighted by atomic mass is 19.4. The van der Waals surface area contributed by atoms with Crippen LogP contribution in [0.1, 0.15) is 55.6 Å². The number of alkyl halides is 3. The Morgan fingerprint density at radius 1 is 1.18 bits per heavy atom. The van der Waals surface area contributed by atoms with Gasteiger partial charge in [0, 0.05) is 43.6 Å². The zero-order valence-electron chi connectivity index (χ0n) is 22.0. The number of aromatic nitrogens is 4. The molecule has 2 unspecified atom stereocenters. The molecular weight excluding hydrogens is 513 g/mol. The molecule has 1 amide bonds. The van der Waals surface area contributed by atoms with Crippen LogP contribution in [0.3, 0.4) is 0 Å². The first-order valence-electron chi connectivity index (χ1n) is 12.9. The number of nitrogens with zero attached hydrogens (tertiary/aromatic N) is 5. The highest BCUT2D eigenvalue weighted by molar-refractivity contribution is 5.68. The van der Waals surface area contributed by atoms with Crippen LogP contribution in [0.4, 0.5) is 18.0 Å². The molecule has 2 aliphatic rings. The largest absolute Gasteiger partial charge is 0.493 e. The molecule has 0 bridgehead atoms. The second-order valence-corrected chi connectivity index (χ2v) is 10.8. The summed E-state index contributed by atoms with van der Waals surface area (Å²) in [7, 11) is 0. The minimum Gasteiger partial charge on any atom is -0.493 e. The average Bonchev–Trinajstić information content (AvgIpc) is 3.56. The lowest BCUT2D eigenvalue weighted by Crippen LogP contribution is -2.50. The van der Waals surface area contributed by atoms with Gasteiger partial charge in [0.2, 0.25) is 0 Å². The van der Waals surface area contributed by atoms with E-state index in [1.807, 2.05) is 51.1 Å². The Labute approximate surface area is 224 Å². The van der Waals surface area contributed by atoms with E-state index in [9.17, 15) is 18.0 Å². The van der Waals surface area contributed by atoms with Gasteiger partial charge >= 0.3 is 12.3 Å². The summed E-state index contributed by atoms with van der Waals surface area (Å²) in [5.41, 5.74) is 2.26. The third-order valence-electron chi connectivity index (χ3n) is 6.86. The number of halogens is 3. The van der Waals surface area contributed by atoms with Gasteiger partial charge < -0.3 is 19.7 Å². The molecule has 1 saturated heterocycles. The lowest BCUT2D eigenvalue weighted by Gasteiger charge is -2.40. The van der Waals surface area contributed by atoms with Crippen LogP contribution < -0.4 is 10.1 Å². The van der Waals surface area contributed by atoms with Crippen molar-refractivity contribution in [3.63, 3.8) is 0 Å². The Morgan fingerprint density at radius 2 is 1.95 bits per heavy atom. The van der Waals surface area contributed by atoms with Crippen LogP contribution in [-0.4, -0.2) is 62.5 Å². The Balaban J connectivity index is 1.39. The number of hydrogen-bond acceptors (Lipinski definition) is 7. The van der Waals surface area contributed by atoms with Gasteiger partial charge in [0.15, 0.2) is 0 Å². The van der Waals surface area contributed by atoms with Crippen molar-refractivity contribution in [1.29, 1.82) is 0 Å². The summed E-state index contributed by atoms with van der Waals surface area (Å²) < 4.78 is 52.6. The summed E-state index contributed by atoms with van der Waals surface area (Å²) in [6, 6.07) is 13.2. The minimum absolute atomic E-state index is 0.00516. The number of hydrogen-bond donors (Lipinski definition) is 1. The third kappa shape index (κ3) is 6.00. The zero-order chi connectivity index (χ0) is 27.8. The predicted octanol–water partition coefficient (Wildman–Crippen LogP) is 4.50. The standard InChI is InChI=1S/C27H31F3N6O3/c1-26(2,3)39-25(37)35-11-9-22(21(16-35)17-7-5-4-6-8-17)31-15-19-14-20(13-18-10-12-38-23(18)19)36-24(27(28,29)30)32-33-34-36/h4-8,13-14,21-22,31H,9-12,15-16H2,1-3H3. The van der Waals surface area contributed by atoms with E-state index in [1.165, 1.54) is 0 Å². The number of piperidine rings is 1. The first-order valence-corrected chi connectivity index (χ1v) is 12.9. The summed E-state index contributed by atoms with van der Waals surface area (Å²) in [5.74, 6) is -0.518. The summed E-state index contributed by atoms with van der Waals surface area (Å²) in [5, 5.41) is 13.6. The van der Waals surface area contributed by atoms with Crippen molar-refractivity contribution in [3.05, 3.63) is 65.0 Å². The highest BCUT2D eigenvalue weighted by Gasteiger charge is 2.39. The predicted molar refractivity (Wildman–Crippen MR) is 136 cm³/mol. The third-order valence-corrected chi connectivity index (χ3v) is 6.86. The van der Waals surface area contributed by atoms with Crippen molar-refractivity contribution in [1.82, 2.24) is 30.4 Å². The number of fused-ring (bicyclic) bond motifs is 1. The van der Waals surface area contributed by atoms with Crippen molar-refractivity contribution < 1.29 is 27.4 Å². The number of ether oxygens (including phenoxy) is 2. The fourth-order valence-corrected chi connectivity index (χ4v) is 5.13.